The van der Waals surface area contributed by atoms with Gasteiger partial charge in [-0.3, -0.25) is 0 Å². The molecule has 4 N–H and O–H groups in total. The monoisotopic (exact) mass is 537 g/mol. The topological polar surface area (TPSA) is 92.7 Å². The Hall–Kier alpha value is -1.46. The molecule has 0 radical (unpaired) electrons. The van der Waals surface area contributed by atoms with Crippen LogP contribution in [0.2, 0.25) is 0 Å². The molecular weight excluding hydrogens is 472 g/mol. The van der Waals surface area contributed by atoms with E-state index in [-0.39, 0.29) is 24.1 Å². The Bertz CT molecular complexity index is 536. The summed E-state index contributed by atoms with van der Waals surface area (Å²) in [5, 5.41) is 0. The average Bonchev–Trinajstić information content (AvgIpc) is 2.90. The van der Waals surface area contributed by atoms with Crippen molar-refractivity contribution in [1.82, 2.24) is 9.80 Å². The summed E-state index contributed by atoms with van der Waals surface area (Å²) >= 11 is 0. The Labute approximate surface area is 236 Å². The third kappa shape index (κ3) is 15.8. The van der Waals surface area contributed by atoms with Crippen LogP contribution >= 0.6 is 0 Å². The fraction of sp³-hybridized carbons (Fsp3) is 0.938. The number of hydrogen-bond acceptors (Lipinski definition) is 2. The summed E-state index contributed by atoms with van der Waals surface area (Å²) in [6.07, 6.45) is 29.3. The fourth-order valence-corrected chi connectivity index (χ4v) is 6.24. The molecule has 224 valence electrons. The summed E-state index contributed by atoms with van der Waals surface area (Å²) in [6, 6.07) is -0.701. The van der Waals surface area contributed by atoms with Crippen molar-refractivity contribution < 1.29 is 9.59 Å². The quantitative estimate of drug-likeness (QED) is 0.120. The number of nitrogens with zero attached hydrogens (tertiary/aromatic N) is 2. The van der Waals surface area contributed by atoms with Crippen molar-refractivity contribution in [2.24, 2.45) is 11.5 Å². The zero-order valence-electron chi connectivity index (χ0n) is 25.4. The van der Waals surface area contributed by atoms with Gasteiger partial charge in [0.1, 0.15) is 0 Å². The smallest absolute Gasteiger partial charge is 0.315 e. The Morgan fingerprint density at radius 3 is 1.03 bits per heavy atom. The number of rotatable bonds is 24. The summed E-state index contributed by atoms with van der Waals surface area (Å²) < 4.78 is 0. The molecule has 0 spiro atoms. The van der Waals surface area contributed by atoms with E-state index < -0.39 is 0 Å². The van der Waals surface area contributed by atoms with Gasteiger partial charge in [-0.2, -0.15) is 0 Å². The standard InChI is InChI=1S/C32H64N4O2/c1-3-5-7-9-11-13-15-17-19-23-27-35(31(33)37)29-25-21-22-26-30(29)36(32(34)38)28-24-20-18-16-14-12-10-8-6-4-2/h29-30H,3-28H2,1-2H3,(H2,33,37)(H2,34,38). The highest BCUT2D eigenvalue weighted by atomic mass is 16.2. The van der Waals surface area contributed by atoms with Gasteiger partial charge >= 0.3 is 12.1 Å². The lowest BCUT2D eigenvalue weighted by atomic mass is 9.87. The van der Waals surface area contributed by atoms with E-state index in [9.17, 15) is 9.59 Å². The highest BCUT2D eigenvalue weighted by Crippen LogP contribution is 2.28. The first kappa shape index (κ1) is 34.6. The predicted octanol–water partition coefficient (Wildman–Crippen LogP) is 8.90. The molecule has 0 aromatic rings. The van der Waals surface area contributed by atoms with Crippen LogP contribution in [0.3, 0.4) is 0 Å². The maximum absolute atomic E-state index is 12.5. The Morgan fingerprint density at radius 2 is 0.763 bits per heavy atom. The normalized spacial score (nSPS) is 17.4. The Kier molecular flexibility index (Phi) is 21.3. The van der Waals surface area contributed by atoms with E-state index in [4.69, 9.17) is 11.5 Å². The van der Waals surface area contributed by atoms with E-state index in [0.717, 1.165) is 51.4 Å². The van der Waals surface area contributed by atoms with Gasteiger partial charge < -0.3 is 21.3 Å². The van der Waals surface area contributed by atoms with Crippen LogP contribution in [0, 0.1) is 0 Å². The van der Waals surface area contributed by atoms with Crippen LogP contribution in [-0.4, -0.2) is 47.0 Å². The van der Waals surface area contributed by atoms with Crippen molar-refractivity contribution in [1.29, 1.82) is 0 Å². The fourth-order valence-electron chi connectivity index (χ4n) is 6.24. The summed E-state index contributed by atoms with van der Waals surface area (Å²) in [5.74, 6) is 0. The van der Waals surface area contributed by atoms with E-state index in [0.29, 0.717) is 13.1 Å². The molecule has 1 saturated carbocycles. The van der Waals surface area contributed by atoms with E-state index in [1.54, 1.807) is 0 Å². The van der Waals surface area contributed by atoms with Crippen LogP contribution < -0.4 is 11.5 Å². The van der Waals surface area contributed by atoms with Crippen molar-refractivity contribution in [3.8, 4) is 0 Å². The second-order valence-corrected chi connectivity index (χ2v) is 11.8. The number of carbonyl (C=O) groups is 2. The summed E-state index contributed by atoms with van der Waals surface area (Å²) in [5.41, 5.74) is 11.8. The van der Waals surface area contributed by atoms with Gasteiger partial charge in [-0.15, -0.1) is 0 Å². The minimum absolute atomic E-state index is 0.00423. The lowest BCUT2D eigenvalue weighted by Crippen LogP contribution is -2.59. The molecule has 2 unspecified atom stereocenters. The maximum Gasteiger partial charge on any atom is 0.315 e. The first-order chi connectivity index (χ1) is 18.5. The van der Waals surface area contributed by atoms with Crippen LogP contribution in [0.1, 0.15) is 168 Å². The van der Waals surface area contributed by atoms with Gasteiger partial charge in [-0.25, -0.2) is 9.59 Å². The first-order valence-electron chi connectivity index (χ1n) is 16.6. The summed E-state index contributed by atoms with van der Waals surface area (Å²) in [6.45, 7) is 5.90. The van der Waals surface area contributed by atoms with Crippen LogP contribution in [0.25, 0.3) is 0 Å². The van der Waals surface area contributed by atoms with Gasteiger partial charge in [0.2, 0.25) is 0 Å². The second kappa shape index (κ2) is 23.4. The number of urea groups is 2. The van der Waals surface area contributed by atoms with Gasteiger partial charge in [0.05, 0.1) is 12.1 Å². The minimum atomic E-state index is -0.346. The molecule has 2 atom stereocenters. The molecule has 1 aliphatic carbocycles. The third-order valence-electron chi connectivity index (χ3n) is 8.57. The molecule has 1 rings (SSSR count). The predicted molar refractivity (Wildman–Crippen MR) is 162 cm³/mol. The Balaban J connectivity index is 2.42. The first-order valence-corrected chi connectivity index (χ1v) is 16.6. The van der Waals surface area contributed by atoms with Gasteiger partial charge in [0.15, 0.2) is 0 Å². The molecule has 38 heavy (non-hydrogen) atoms. The lowest BCUT2D eigenvalue weighted by molar-refractivity contribution is 0.0831. The maximum atomic E-state index is 12.5. The van der Waals surface area contributed by atoms with Crippen LogP contribution in [0.15, 0.2) is 0 Å². The molecule has 0 heterocycles. The molecule has 0 bridgehead atoms. The van der Waals surface area contributed by atoms with E-state index >= 15 is 0 Å². The van der Waals surface area contributed by atoms with E-state index in [1.807, 2.05) is 9.80 Å². The van der Waals surface area contributed by atoms with Crippen molar-refractivity contribution in [3.05, 3.63) is 0 Å². The average molecular weight is 537 g/mol. The second-order valence-electron chi connectivity index (χ2n) is 11.8. The summed E-state index contributed by atoms with van der Waals surface area (Å²) in [4.78, 5) is 28.7. The molecule has 0 aromatic heterocycles. The molecular formula is C32H64N4O2. The van der Waals surface area contributed by atoms with Crippen LogP contribution in [0.4, 0.5) is 9.59 Å². The van der Waals surface area contributed by atoms with E-state index in [2.05, 4.69) is 13.8 Å². The molecule has 1 aliphatic rings. The lowest BCUT2D eigenvalue weighted by Gasteiger charge is -2.44. The van der Waals surface area contributed by atoms with Gasteiger partial charge in [0, 0.05) is 13.1 Å². The van der Waals surface area contributed by atoms with Crippen LogP contribution in [0.5, 0.6) is 0 Å². The van der Waals surface area contributed by atoms with Crippen molar-refractivity contribution >= 4 is 12.1 Å². The number of carbonyl (C=O) groups excluding carboxylic acids is 2. The largest absolute Gasteiger partial charge is 0.351 e. The zero-order valence-corrected chi connectivity index (χ0v) is 25.4. The van der Waals surface area contributed by atoms with Gasteiger partial charge in [-0.05, 0) is 25.7 Å². The number of amides is 4. The van der Waals surface area contributed by atoms with Crippen molar-refractivity contribution in [2.45, 2.75) is 180 Å². The highest BCUT2D eigenvalue weighted by Gasteiger charge is 2.36. The molecule has 0 aliphatic heterocycles. The molecule has 6 nitrogen and oxygen atoms in total. The third-order valence-corrected chi connectivity index (χ3v) is 8.57. The SMILES string of the molecule is CCCCCCCCCCCCN(C(N)=O)C1CCCCC1N(CCCCCCCCCCCC)C(N)=O. The minimum Gasteiger partial charge on any atom is -0.351 e. The molecule has 0 aromatic carbocycles. The number of hydrogen-bond donors (Lipinski definition) is 2. The number of unbranched alkanes of at least 4 members (excludes halogenated alkanes) is 18. The van der Waals surface area contributed by atoms with Crippen molar-refractivity contribution in [2.75, 3.05) is 13.1 Å². The Morgan fingerprint density at radius 1 is 0.500 bits per heavy atom. The van der Waals surface area contributed by atoms with E-state index in [1.165, 1.54) is 103 Å². The van der Waals surface area contributed by atoms with Gasteiger partial charge in [0.25, 0.3) is 0 Å². The highest BCUT2D eigenvalue weighted by molar-refractivity contribution is 5.74. The molecule has 4 amide bonds. The van der Waals surface area contributed by atoms with Crippen molar-refractivity contribution in [3.63, 3.8) is 0 Å². The molecule has 0 saturated heterocycles. The molecule has 6 heteroatoms. The zero-order chi connectivity index (χ0) is 27.8. The van der Waals surface area contributed by atoms with Crippen LogP contribution in [-0.2, 0) is 0 Å². The number of nitrogens with two attached hydrogens (primary N) is 2. The molecule has 1 fully saturated rings. The van der Waals surface area contributed by atoms with Gasteiger partial charge in [-0.1, -0.05) is 142 Å². The number of primary amides is 2. The summed E-state index contributed by atoms with van der Waals surface area (Å²) in [7, 11) is 0.